The SMILES string of the molecule is CCNC(=NCc1ccccc1[N+](=O)[O-])NCCCOCc1ccco1.I. The van der Waals surface area contributed by atoms with E-state index < -0.39 is 0 Å². The number of benzene rings is 1. The number of hydrogen-bond donors (Lipinski definition) is 2. The lowest BCUT2D eigenvalue weighted by atomic mass is 10.2. The van der Waals surface area contributed by atoms with Crippen LogP contribution >= 0.6 is 24.0 Å². The summed E-state index contributed by atoms with van der Waals surface area (Å²) in [6.45, 7) is 4.64. The van der Waals surface area contributed by atoms with Crippen molar-refractivity contribution in [3.63, 3.8) is 0 Å². The highest BCUT2D eigenvalue weighted by atomic mass is 127. The average molecular weight is 488 g/mol. The van der Waals surface area contributed by atoms with Gasteiger partial charge in [0.25, 0.3) is 5.69 Å². The molecule has 27 heavy (non-hydrogen) atoms. The number of nitro benzene ring substituents is 1. The van der Waals surface area contributed by atoms with Crippen molar-refractivity contribution in [1.29, 1.82) is 0 Å². The van der Waals surface area contributed by atoms with Crippen molar-refractivity contribution in [1.82, 2.24) is 10.6 Å². The molecule has 1 aromatic carbocycles. The molecule has 0 saturated heterocycles. The van der Waals surface area contributed by atoms with E-state index in [0.717, 1.165) is 12.2 Å². The minimum absolute atomic E-state index is 0. The third-order valence-electron chi connectivity index (χ3n) is 3.52. The van der Waals surface area contributed by atoms with Gasteiger partial charge in [-0.05, 0) is 25.5 Å². The molecule has 2 rings (SSSR count). The van der Waals surface area contributed by atoms with E-state index in [4.69, 9.17) is 9.15 Å². The standard InChI is InChI=1S/C18H24N4O4.HI/c1-2-19-18(20-10-6-11-25-14-16-8-5-12-26-16)21-13-15-7-3-4-9-17(15)22(23)24;/h3-5,7-9,12H,2,6,10-11,13-14H2,1H3,(H2,19,20,21);1H. The highest BCUT2D eigenvalue weighted by Crippen LogP contribution is 2.18. The quantitative estimate of drug-likeness (QED) is 0.133. The van der Waals surface area contributed by atoms with E-state index >= 15 is 0 Å². The molecular formula is C18H25IN4O4. The topological polar surface area (TPSA) is 102 Å². The molecule has 0 spiro atoms. The molecule has 1 heterocycles. The van der Waals surface area contributed by atoms with E-state index in [0.29, 0.717) is 37.8 Å². The summed E-state index contributed by atoms with van der Waals surface area (Å²) in [6, 6.07) is 10.3. The number of ether oxygens (including phenoxy) is 1. The Morgan fingerprint density at radius 2 is 2.07 bits per heavy atom. The van der Waals surface area contributed by atoms with Crippen LogP contribution < -0.4 is 10.6 Å². The number of nitrogens with one attached hydrogen (secondary N) is 2. The van der Waals surface area contributed by atoms with E-state index in [1.54, 1.807) is 24.5 Å². The predicted molar refractivity (Wildman–Crippen MR) is 114 cm³/mol. The van der Waals surface area contributed by atoms with Crippen molar-refractivity contribution in [2.24, 2.45) is 4.99 Å². The van der Waals surface area contributed by atoms with Gasteiger partial charge in [-0.1, -0.05) is 18.2 Å². The molecule has 148 valence electrons. The Hall–Kier alpha value is -2.14. The Morgan fingerprint density at radius 1 is 1.26 bits per heavy atom. The zero-order valence-electron chi connectivity index (χ0n) is 15.2. The lowest BCUT2D eigenvalue weighted by Crippen LogP contribution is -2.38. The van der Waals surface area contributed by atoms with Gasteiger partial charge in [0, 0.05) is 25.8 Å². The second-order valence-corrected chi connectivity index (χ2v) is 5.49. The van der Waals surface area contributed by atoms with Crippen LogP contribution in [-0.4, -0.2) is 30.6 Å². The zero-order chi connectivity index (χ0) is 18.6. The number of furan rings is 1. The fourth-order valence-electron chi connectivity index (χ4n) is 2.28. The summed E-state index contributed by atoms with van der Waals surface area (Å²) in [7, 11) is 0. The second-order valence-electron chi connectivity index (χ2n) is 5.49. The van der Waals surface area contributed by atoms with Gasteiger partial charge in [0.2, 0.25) is 0 Å². The van der Waals surface area contributed by atoms with Crippen LogP contribution in [0, 0.1) is 10.1 Å². The summed E-state index contributed by atoms with van der Waals surface area (Å²) >= 11 is 0. The van der Waals surface area contributed by atoms with Crippen LogP contribution in [-0.2, 0) is 17.9 Å². The Labute approximate surface area is 175 Å². The van der Waals surface area contributed by atoms with E-state index in [9.17, 15) is 10.1 Å². The third-order valence-corrected chi connectivity index (χ3v) is 3.52. The molecule has 0 fully saturated rings. The summed E-state index contributed by atoms with van der Waals surface area (Å²) in [5.74, 6) is 1.43. The number of nitro groups is 1. The first-order valence-corrected chi connectivity index (χ1v) is 8.55. The lowest BCUT2D eigenvalue weighted by Gasteiger charge is -2.11. The van der Waals surface area contributed by atoms with Gasteiger partial charge in [0.05, 0.1) is 23.3 Å². The predicted octanol–water partition coefficient (Wildman–Crippen LogP) is 3.47. The minimum atomic E-state index is -0.387. The van der Waals surface area contributed by atoms with Crippen LogP contribution in [0.15, 0.2) is 52.1 Å². The molecule has 0 aliphatic carbocycles. The fraction of sp³-hybridized carbons (Fsp3) is 0.389. The number of para-hydroxylation sites is 1. The van der Waals surface area contributed by atoms with Gasteiger partial charge in [-0.25, -0.2) is 4.99 Å². The molecule has 8 nitrogen and oxygen atoms in total. The van der Waals surface area contributed by atoms with Crippen LogP contribution in [0.2, 0.25) is 0 Å². The van der Waals surface area contributed by atoms with Crippen molar-refractivity contribution in [3.8, 4) is 0 Å². The van der Waals surface area contributed by atoms with Gasteiger partial charge in [0.1, 0.15) is 12.4 Å². The van der Waals surface area contributed by atoms with Crippen molar-refractivity contribution >= 4 is 35.6 Å². The largest absolute Gasteiger partial charge is 0.467 e. The molecule has 0 aliphatic heterocycles. The molecule has 0 bridgehead atoms. The van der Waals surface area contributed by atoms with E-state index in [1.165, 1.54) is 6.07 Å². The van der Waals surface area contributed by atoms with Crippen LogP contribution in [0.5, 0.6) is 0 Å². The van der Waals surface area contributed by atoms with Crippen molar-refractivity contribution in [3.05, 3.63) is 64.1 Å². The number of halogens is 1. The summed E-state index contributed by atoms with van der Waals surface area (Å²) < 4.78 is 10.7. The van der Waals surface area contributed by atoms with Crippen molar-refractivity contribution < 1.29 is 14.1 Å². The van der Waals surface area contributed by atoms with E-state index in [2.05, 4.69) is 15.6 Å². The third kappa shape index (κ3) is 8.39. The molecule has 0 saturated carbocycles. The highest BCUT2D eigenvalue weighted by Gasteiger charge is 2.11. The molecule has 2 N–H and O–H groups in total. The number of hydrogen-bond acceptors (Lipinski definition) is 5. The monoisotopic (exact) mass is 488 g/mol. The van der Waals surface area contributed by atoms with Gasteiger partial charge in [-0.15, -0.1) is 24.0 Å². The zero-order valence-corrected chi connectivity index (χ0v) is 17.6. The lowest BCUT2D eigenvalue weighted by molar-refractivity contribution is -0.385. The van der Waals surface area contributed by atoms with E-state index in [-0.39, 0.29) is 41.1 Å². The smallest absolute Gasteiger partial charge is 0.274 e. The van der Waals surface area contributed by atoms with Crippen LogP contribution in [0.3, 0.4) is 0 Å². The Kier molecular flexibility index (Phi) is 11.1. The van der Waals surface area contributed by atoms with Gasteiger partial charge >= 0.3 is 0 Å². The molecule has 0 amide bonds. The Bertz CT molecular complexity index is 707. The summed E-state index contributed by atoms with van der Waals surface area (Å²) in [5.41, 5.74) is 0.662. The molecule has 2 aromatic rings. The first-order chi connectivity index (χ1) is 12.7. The maximum absolute atomic E-state index is 11.1. The Morgan fingerprint density at radius 3 is 2.78 bits per heavy atom. The summed E-state index contributed by atoms with van der Waals surface area (Å²) in [4.78, 5) is 15.1. The van der Waals surface area contributed by atoms with Crippen molar-refractivity contribution in [2.45, 2.75) is 26.5 Å². The molecule has 0 aliphatic rings. The molecule has 0 atom stereocenters. The summed E-state index contributed by atoms with van der Waals surface area (Å²) in [6.07, 6.45) is 2.42. The molecule has 9 heteroatoms. The Balaban J connectivity index is 0.00000364. The van der Waals surface area contributed by atoms with Crippen molar-refractivity contribution in [2.75, 3.05) is 19.7 Å². The fourth-order valence-corrected chi connectivity index (χ4v) is 2.28. The maximum atomic E-state index is 11.1. The molecular weight excluding hydrogens is 463 g/mol. The van der Waals surface area contributed by atoms with Gasteiger partial charge < -0.3 is 19.8 Å². The first kappa shape index (κ1) is 22.9. The molecule has 1 aromatic heterocycles. The normalized spacial score (nSPS) is 10.9. The van der Waals surface area contributed by atoms with Gasteiger partial charge in [-0.3, -0.25) is 10.1 Å². The van der Waals surface area contributed by atoms with Crippen LogP contribution in [0.4, 0.5) is 5.69 Å². The van der Waals surface area contributed by atoms with Crippen LogP contribution in [0.1, 0.15) is 24.7 Å². The second kappa shape index (κ2) is 13.1. The minimum Gasteiger partial charge on any atom is -0.467 e. The van der Waals surface area contributed by atoms with Crippen LogP contribution in [0.25, 0.3) is 0 Å². The number of nitrogens with zero attached hydrogens (tertiary/aromatic N) is 2. The van der Waals surface area contributed by atoms with Gasteiger partial charge in [0.15, 0.2) is 5.96 Å². The van der Waals surface area contributed by atoms with Gasteiger partial charge in [-0.2, -0.15) is 0 Å². The molecule has 0 unspecified atom stereocenters. The number of guanidine groups is 1. The average Bonchev–Trinajstić information content (AvgIpc) is 3.16. The first-order valence-electron chi connectivity index (χ1n) is 8.55. The molecule has 0 radical (unpaired) electrons. The number of aliphatic imine (C=N–C) groups is 1. The van der Waals surface area contributed by atoms with E-state index in [1.807, 2.05) is 19.1 Å². The highest BCUT2D eigenvalue weighted by molar-refractivity contribution is 14.0. The summed E-state index contributed by atoms with van der Waals surface area (Å²) in [5, 5.41) is 17.4. The number of rotatable bonds is 10. The maximum Gasteiger partial charge on any atom is 0.274 e.